The molecule has 0 aliphatic carbocycles. The molecule has 0 aliphatic heterocycles. The van der Waals surface area contributed by atoms with E-state index in [1.807, 2.05) is 12.1 Å². The van der Waals surface area contributed by atoms with Gasteiger partial charge in [0.25, 0.3) is 0 Å². The minimum absolute atomic E-state index is 0.162. The van der Waals surface area contributed by atoms with Crippen molar-refractivity contribution in [2.75, 3.05) is 0 Å². The third kappa shape index (κ3) is 5.87. The van der Waals surface area contributed by atoms with Crippen molar-refractivity contribution in [2.45, 2.75) is 90.4 Å². The first-order chi connectivity index (χ1) is 13.6. The minimum atomic E-state index is -0.162. The van der Waals surface area contributed by atoms with Gasteiger partial charge in [0.15, 0.2) is 0 Å². The lowest BCUT2D eigenvalue weighted by Crippen LogP contribution is -2.34. The standard InChI is InChI=1S/C27H40O/c1-4-6-8-11-17-23(18-12-9-7-5-2)27(3,24-19-13-10-14-20-24)25-21-15-16-22-26(25)28/h10,13-16,19-23,28H,4-9,11-12,17-18H2,1-3H3. The van der Waals surface area contributed by atoms with Crippen LogP contribution in [0.5, 0.6) is 5.75 Å². The van der Waals surface area contributed by atoms with Crippen molar-refractivity contribution in [3.63, 3.8) is 0 Å². The van der Waals surface area contributed by atoms with Gasteiger partial charge in [-0.15, -0.1) is 0 Å². The molecule has 0 aliphatic rings. The van der Waals surface area contributed by atoms with Crippen molar-refractivity contribution in [1.82, 2.24) is 0 Å². The minimum Gasteiger partial charge on any atom is -0.508 e. The van der Waals surface area contributed by atoms with Gasteiger partial charge >= 0.3 is 0 Å². The van der Waals surface area contributed by atoms with Crippen molar-refractivity contribution >= 4 is 0 Å². The molecule has 1 N–H and O–H groups in total. The van der Waals surface area contributed by atoms with Gasteiger partial charge in [-0.2, -0.15) is 0 Å². The molecule has 0 fully saturated rings. The summed E-state index contributed by atoms with van der Waals surface area (Å²) >= 11 is 0. The maximum Gasteiger partial charge on any atom is 0.119 e. The Bertz CT molecular complexity index is 651. The Morgan fingerprint density at radius 3 is 1.79 bits per heavy atom. The molecule has 0 spiro atoms. The monoisotopic (exact) mass is 380 g/mol. The zero-order valence-electron chi connectivity index (χ0n) is 18.3. The van der Waals surface area contributed by atoms with Gasteiger partial charge in [0.1, 0.15) is 5.75 Å². The zero-order chi connectivity index (χ0) is 20.2. The number of hydrogen-bond donors (Lipinski definition) is 1. The summed E-state index contributed by atoms with van der Waals surface area (Å²) in [4.78, 5) is 0. The lowest BCUT2D eigenvalue weighted by Gasteiger charge is -2.40. The maximum absolute atomic E-state index is 10.8. The van der Waals surface area contributed by atoms with Gasteiger partial charge in [0.05, 0.1) is 0 Å². The smallest absolute Gasteiger partial charge is 0.119 e. The quantitative estimate of drug-likeness (QED) is 0.347. The summed E-state index contributed by atoms with van der Waals surface area (Å²) < 4.78 is 0. The van der Waals surface area contributed by atoms with Gasteiger partial charge < -0.3 is 5.11 Å². The topological polar surface area (TPSA) is 20.2 Å². The summed E-state index contributed by atoms with van der Waals surface area (Å²) in [7, 11) is 0. The predicted molar refractivity (Wildman–Crippen MR) is 122 cm³/mol. The van der Waals surface area contributed by atoms with E-state index in [9.17, 15) is 5.11 Å². The first-order valence-electron chi connectivity index (χ1n) is 11.5. The van der Waals surface area contributed by atoms with Crippen molar-refractivity contribution in [3.8, 4) is 5.75 Å². The second-order valence-corrected chi connectivity index (χ2v) is 8.48. The number of benzene rings is 2. The van der Waals surface area contributed by atoms with E-state index in [0.717, 1.165) is 5.56 Å². The summed E-state index contributed by atoms with van der Waals surface area (Å²) in [5.41, 5.74) is 2.25. The molecule has 2 aromatic carbocycles. The number of phenolic OH excluding ortho intramolecular Hbond substituents is 1. The van der Waals surface area contributed by atoms with Crippen LogP contribution in [0.4, 0.5) is 0 Å². The van der Waals surface area contributed by atoms with Crippen LogP contribution < -0.4 is 0 Å². The lowest BCUT2D eigenvalue weighted by molar-refractivity contribution is 0.277. The normalized spacial score (nSPS) is 13.6. The van der Waals surface area contributed by atoms with E-state index in [4.69, 9.17) is 0 Å². The molecule has 1 nitrogen and oxygen atoms in total. The highest BCUT2D eigenvalue weighted by molar-refractivity contribution is 5.46. The Morgan fingerprint density at radius 2 is 1.25 bits per heavy atom. The third-order valence-electron chi connectivity index (χ3n) is 6.47. The van der Waals surface area contributed by atoms with Gasteiger partial charge in [-0.3, -0.25) is 0 Å². The van der Waals surface area contributed by atoms with Gasteiger partial charge in [-0.1, -0.05) is 121 Å². The van der Waals surface area contributed by atoms with Gasteiger partial charge in [-0.05, 0) is 30.4 Å². The van der Waals surface area contributed by atoms with E-state index in [1.165, 1.54) is 69.8 Å². The van der Waals surface area contributed by atoms with Crippen LogP contribution in [0.1, 0.15) is 96.1 Å². The van der Waals surface area contributed by atoms with E-state index in [0.29, 0.717) is 11.7 Å². The van der Waals surface area contributed by atoms with Crippen LogP contribution in [-0.4, -0.2) is 5.11 Å². The molecule has 0 aromatic heterocycles. The van der Waals surface area contributed by atoms with E-state index in [1.54, 1.807) is 0 Å². The molecule has 28 heavy (non-hydrogen) atoms. The highest BCUT2D eigenvalue weighted by Crippen LogP contribution is 2.46. The third-order valence-corrected chi connectivity index (χ3v) is 6.47. The van der Waals surface area contributed by atoms with Crippen LogP contribution >= 0.6 is 0 Å². The molecule has 2 rings (SSSR count). The number of aromatic hydroxyl groups is 1. The Labute approximate surface area is 173 Å². The molecule has 0 saturated heterocycles. The first kappa shape index (κ1) is 22.5. The van der Waals surface area contributed by atoms with Crippen molar-refractivity contribution < 1.29 is 5.11 Å². The SMILES string of the molecule is CCCCCCC(CCCCCC)C(C)(c1ccccc1)c1ccccc1O. The van der Waals surface area contributed by atoms with E-state index in [2.05, 4.69) is 63.2 Å². The largest absolute Gasteiger partial charge is 0.508 e. The first-order valence-corrected chi connectivity index (χ1v) is 11.5. The van der Waals surface area contributed by atoms with Crippen LogP contribution in [0.2, 0.25) is 0 Å². The van der Waals surface area contributed by atoms with E-state index in [-0.39, 0.29) is 5.41 Å². The molecule has 0 saturated carbocycles. The number of hydrogen-bond acceptors (Lipinski definition) is 1. The van der Waals surface area contributed by atoms with Crippen molar-refractivity contribution in [3.05, 3.63) is 65.7 Å². The van der Waals surface area contributed by atoms with Gasteiger partial charge in [0, 0.05) is 11.0 Å². The van der Waals surface area contributed by atoms with Crippen molar-refractivity contribution in [2.24, 2.45) is 5.92 Å². The molecule has 0 amide bonds. The summed E-state index contributed by atoms with van der Waals surface area (Å²) in [6.07, 6.45) is 12.8. The van der Waals surface area contributed by atoms with E-state index < -0.39 is 0 Å². The fraction of sp³-hybridized carbons (Fsp3) is 0.556. The number of phenols is 1. The number of rotatable bonds is 13. The number of unbranched alkanes of at least 4 members (excludes halogenated alkanes) is 6. The summed E-state index contributed by atoms with van der Waals surface area (Å²) in [6, 6.07) is 18.8. The summed E-state index contributed by atoms with van der Waals surface area (Å²) in [5, 5.41) is 10.8. The molecule has 154 valence electrons. The molecule has 1 unspecified atom stereocenters. The Balaban J connectivity index is 2.37. The second kappa shape index (κ2) is 11.9. The maximum atomic E-state index is 10.8. The molecular formula is C27H40O. The Kier molecular flexibility index (Phi) is 9.61. The Morgan fingerprint density at radius 1 is 0.714 bits per heavy atom. The average molecular weight is 381 g/mol. The summed E-state index contributed by atoms with van der Waals surface area (Å²) in [6.45, 7) is 6.92. The highest BCUT2D eigenvalue weighted by Gasteiger charge is 2.38. The fourth-order valence-corrected chi connectivity index (χ4v) is 4.67. The summed E-state index contributed by atoms with van der Waals surface area (Å²) in [5.74, 6) is 0.970. The van der Waals surface area contributed by atoms with E-state index >= 15 is 0 Å². The Hall–Kier alpha value is -1.76. The highest BCUT2D eigenvalue weighted by atomic mass is 16.3. The zero-order valence-corrected chi connectivity index (χ0v) is 18.3. The fourth-order valence-electron chi connectivity index (χ4n) is 4.67. The van der Waals surface area contributed by atoms with Crippen LogP contribution in [0.3, 0.4) is 0 Å². The average Bonchev–Trinajstić information content (AvgIpc) is 2.73. The molecular weight excluding hydrogens is 340 g/mol. The molecule has 1 heteroatoms. The lowest BCUT2D eigenvalue weighted by atomic mass is 9.64. The van der Waals surface area contributed by atoms with Crippen LogP contribution in [0.25, 0.3) is 0 Å². The van der Waals surface area contributed by atoms with Crippen molar-refractivity contribution in [1.29, 1.82) is 0 Å². The molecule has 1 atom stereocenters. The van der Waals surface area contributed by atoms with Crippen LogP contribution in [-0.2, 0) is 5.41 Å². The van der Waals surface area contributed by atoms with Crippen LogP contribution in [0.15, 0.2) is 54.6 Å². The molecule has 0 heterocycles. The molecule has 2 aromatic rings. The predicted octanol–water partition coefficient (Wildman–Crippen LogP) is 8.26. The van der Waals surface area contributed by atoms with Crippen LogP contribution in [0, 0.1) is 5.92 Å². The van der Waals surface area contributed by atoms with Gasteiger partial charge in [-0.25, -0.2) is 0 Å². The molecule has 0 radical (unpaired) electrons. The second-order valence-electron chi connectivity index (χ2n) is 8.48. The number of para-hydroxylation sites is 1. The molecule has 0 bridgehead atoms. The van der Waals surface area contributed by atoms with Gasteiger partial charge in [0.2, 0.25) is 0 Å².